The van der Waals surface area contributed by atoms with Crippen molar-refractivity contribution in [1.29, 1.82) is 0 Å². The number of benzene rings is 2. The molecule has 0 saturated carbocycles. The number of halogens is 1. The van der Waals surface area contributed by atoms with Gasteiger partial charge in [-0.3, -0.25) is 14.4 Å². The van der Waals surface area contributed by atoms with Crippen LogP contribution in [0.15, 0.2) is 57.8 Å². The summed E-state index contributed by atoms with van der Waals surface area (Å²) in [5.41, 5.74) is 1.26. The quantitative estimate of drug-likeness (QED) is 0.376. The van der Waals surface area contributed by atoms with Crippen molar-refractivity contribution in [3.63, 3.8) is 0 Å². The summed E-state index contributed by atoms with van der Waals surface area (Å²) in [7, 11) is -4.00. The molecule has 11 heteroatoms. The molecule has 1 heterocycles. The Morgan fingerprint density at radius 3 is 2.60 bits per heavy atom. The van der Waals surface area contributed by atoms with Crippen molar-refractivity contribution >= 4 is 61.4 Å². The van der Waals surface area contributed by atoms with E-state index in [2.05, 4.69) is 15.5 Å². The standard InChI is InChI=1S/C19H19ClN4O3S3/c1-3-28-19-23-22-18(29-19)21-17(25)12-24(15-6-4-5-13(2)11-15)30(26,27)16-9-7-14(20)8-10-16/h4-11H,3,12H2,1-2H3,(H,21,22,25). The van der Waals surface area contributed by atoms with E-state index in [1.807, 2.05) is 19.9 Å². The van der Waals surface area contributed by atoms with E-state index in [1.165, 1.54) is 47.4 Å². The van der Waals surface area contributed by atoms with E-state index in [-0.39, 0.29) is 4.90 Å². The number of amides is 1. The number of sulfonamides is 1. The fraction of sp³-hybridized carbons (Fsp3) is 0.211. The number of hydrogen-bond donors (Lipinski definition) is 1. The van der Waals surface area contributed by atoms with E-state index < -0.39 is 22.5 Å². The van der Waals surface area contributed by atoms with Crippen LogP contribution in [0.25, 0.3) is 0 Å². The molecule has 1 N–H and O–H groups in total. The second kappa shape index (κ2) is 9.78. The molecule has 2 aromatic carbocycles. The van der Waals surface area contributed by atoms with Crippen LogP contribution in [0.3, 0.4) is 0 Å². The Morgan fingerprint density at radius 1 is 1.20 bits per heavy atom. The van der Waals surface area contributed by atoms with E-state index >= 15 is 0 Å². The van der Waals surface area contributed by atoms with Crippen molar-refractivity contribution in [3.05, 3.63) is 59.1 Å². The number of thioether (sulfide) groups is 1. The van der Waals surface area contributed by atoms with Gasteiger partial charge in [-0.05, 0) is 54.6 Å². The second-order valence-electron chi connectivity index (χ2n) is 6.16. The van der Waals surface area contributed by atoms with Crippen LogP contribution in [0.2, 0.25) is 5.02 Å². The van der Waals surface area contributed by atoms with Crippen molar-refractivity contribution < 1.29 is 13.2 Å². The maximum absolute atomic E-state index is 13.3. The summed E-state index contributed by atoms with van der Waals surface area (Å²) in [5, 5.41) is 11.3. The van der Waals surface area contributed by atoms with Gasteiger partial charge in [-0.25, -0.2) is 8.42 Å². The minimum atomic E-state index is -4.00. The minimum Gasteiger partial charge on any atom is -0.299 e. The molecule has 30 heavy (non-hydrogen) atoms. The highest BCUT2D eigenvalue weighted by Crippen LogP contribution is 2.27. The third-order valence-electron chi connectivity index (χ3n) is 3.90. The average molecular weight is 483 g/mol. The van der Waals surface area contributed by atoms with Gasteiger partial charge in [-0.1, -0.05) is 53.8 Å². The van der Waals surface area contributed by atoms with Gasteiger partial charge in [0.05, 0.1) is 10.6 Å². The van der Waals surface area contributed by atoms with Crippen LogP contribution in [0.4, 0.5) is 10.8 Å². The molecule has 0 aliphatic heterocycles. The summed E-state index contributed by atoms with van der Waals surface area (Å²) < 4.78 is 28.4. The van der Waals surface area contributed by atoms with Gasteiger partial charge < -0.3 is 0 Å². The lowest BCUT2D eigenvalue weighted by molar-refractivity contribution is -0.114. The average Bonchev–Trinajstić information content (AvgIpc) is 3.13. The fourth-order valence-corrected chi connectivity index (χ4v) is 5.77. The number of nitrogens with one attached hydrogen (secondary N) is 1. The van der Waals surface area contributed by atoms with Crippen molar-refractivity contribution in [2.75, 3.05) is 21.9 Å². The molecule has 0 radical (unpaired) electrons. The topological polar surface area (TPSA) is 92.3 Å². The lowest BCUT2D eigenvalue weighted by atomic mass is 10.2. The zero-order chi connectivity index (χ0) is 21.7. The number of aromatic nitrogens is 2. The lowest BCUT2D eigenvalue weighted by Crippen LogP contribution is -2.38. The minimum absolute atomic E-state index is 0.0405. The van der Waals surface area contributed by atoms with Crippen LogP contribution in [0.5, 0.6) is 0 Å². The first kappa shape index (κ1) is 22.5. The Hall–Kier alpha value is -2.14. The molecule has 0 atom stereocenters. The summed E-state index contributed by atoms with van der Waals surface area (Å²) in [5.74, 6) is 0.321. The summed E-state index contributed by atoms with van der Waals surface area (Å²) in [4.78, 5) is 12.7. The second-order valence-corrected chi connectivity index (χ2v) is 10.9. The van der Waals surface area contributed by atoms with Crippen molar-refractivity contribution in [2.45, 2.75) is 23.1 Å². The molecule has 158 valence electrons. The largest absolute Gasteiger partial charge is 0.299 e. The van der Waals surface area contributed by atoms with Crippen LogP contribution in [0.1, 0.15) is 12.5 Å². The highest BCUT2D eigenvalue weighted by Gasteiger charge is 2.27. The Bertz CT molecular complexity index is 1130. The van der Waals surface area contributed by atoms with Gasteiger partial charge in [-0.2, -0.15) is 0 Å². The highest BCUT2D eigenvalue weighted by atomic mass is 35.5. The zero-order valence-corrected chi connectivity index (χ0v) is 19.4. The molecule has 1 aromatic heterocycles. The van der Waals surface area contributed by atoms with Gasteiger partial charge in [0.25, 0.3) is 10.0 Å². The maximum Gasteiger partial charge on any atom is 0.264 e. The molecule has 7 nitrogen and oxygen atoms in total. The summed E-state index contributed by atoms with van der Waals surface area (Å²) >= 11 is 8.65. The van der Waals surface area contributed by atoms with Crippen LogP contribution < -0.4 is 9.62 Å². The van der Waals surface area contributed by atoms with Gasteiger partial charge in [0.1, 0.15) is 6.54 Å². The Kier molecular flexibility index (Phi) is 7.35. The molecule has 0 spiro atoms. The zero-order valence-electron chi connectivity index (χ0n) is 16.2. The molecule has 3 rings (SSSR count). The first-order valence-corrected chi connectivity index (χ1v) is 12.5. The first-order valence-electron chi connectivity index (χ1n) is 8.90. The Morgan fingerprint density at radius 2 is 1.93 bits per heavy atom. The summed E-state index contributed by atoms with van der Waals surface area (Å²) in [6.45, 7) is 3.43. The van der Waals surface area contributed by atoms with Crippen LogP contribution in [0, 0.1) is 6.92 Å². The van der Waals surface area contributed by atoms with Crippen LogP contribution in [-0.2, 0) is 14.8 Å². The van der Waals surface area contributed by atoms with Crippen LogP contribution in [-0.4, -0.2) is 36.8 Å². The van der Waals surface area contributed by atoms with Gasteiger partial charge >= 0.3 is 0 Å². The monoisotopic (exact) mass is 482 g/mol. The van der Waals surface area contributed by atoms with Gasteiger partial charge in [0, 0.05) is 5.02 Å². The maximum atomic E-state index is 13.3. The molecule has 0 fully saturated rings. The number of nitrogens with zero attached hydrogens (tertiary/aromatic N) is 3. The van der Waals surface area contributed by atoms with E-state index in [0.29, 0.717) is 15.8 Å². The molecular formula is C19H19ClN4O3S3. The molecule has 0 saturated heterocycles. The van der Waals surface area contributed by atoms with Gasteiger partial charge in [0.2, 0.25) is 11.0 Å². The summed E-state index contributed by atoms with van der Waals surface area (Å²) in [6.07, 6.45) is 0. The van der Waals surface area contributed by atoms with E-state index in [1.54, 1.807) is 18.2 Å². The fourth-order valence-electron chi connectivity index (χ4n) is 2.56. The molecule has 0 aliphatic rings. The smallest absolute Gasteiger partial charge is 0.264 e. The molecule has 3 aromatic rings. The van der Waals surface area contributed by atoms with Crippen molar-refractivity contribution in [1.82, 2.24) is 10.2 Å². The Labute approximate surface area is 188 Å². The van der Waals surface area contributed by atoms with Crippen molar-refractivity contribution in [3.8, 4) is 0 Å². The number of aryl methyl sites for hydroxylation is 1. The predicted molar refractivity (Wildman–Crippen MR) is 122 cm³/mol. The van der Waals surface area contributed by atoms with E-state index in [0.717, 1.165) is 20.0 Å². The third-order valence-corrected chi connectivity index (χ3v) is 7.79. The van der Waals surface area contributed by atoms with Crippen molar-refractivity contribution in [2.24, 2.45) is 0 Å². The van der Waals surface area contributed by atoms with Gasteiger partial charge in [-0.15, -0.1) is 10.2 Å². The molecule has 0 bridgehead atoms. The third kappa shape index (κ3) is 5.51. The lowest BCUT2D eigenvalue weighted by Gasteiger charge is -2.24. The number of carbonyl (C=O) groups excluding carboxylic acids is 1. The first-order chi connectivity index (χ1) is 14.3. The SMILES string of the molecule is CCSc1nnc(NC(=O)CN(c2cccc(C)c2)S(=O)(=O)c2ccc(Cl)cc2)s1. The van der Waals surface area contributed by atoms with E-state index in [4.69, 9.17) is 11.6 Å². The van der Waals surface area contributed by atoms with Crippen LogP contribution >= 0.6 is 34.7 Å². The summed E-state index contributed by atoms with van der Waals surface area (Å²) in [6, 6.07) is 12.8. The number of carbonyl (C=O) groups is 1. The number of anilines is 2. The molecule has 0 aliphatic carbocycles. The highest BCUT2D eigenvalue weighted by molar-refractivity contribution is 8.01. The molecular weight excluding hydrogens is 464 g/mol. The Balaban J connectivity index is 1.89. The normalized spacial score (nSPS) is 11.3. The molecule has 1 amide bonds. The van der Waals surface area contributed by atoms with Gasteiger partial charge in [0.15, 0.2) is 4.34 Å². The predicted octanol–water partition coefficient (Wildman–Crippen LogP) is 4.45. The molecule has 0 unspecified atom stereocenters. The number of hydrogen-bond acceptors (Lipinski definition) is 7. The number of rotatable bonds is 8. The van der Waals surface area contributed by atoms with E-state index in [9.17, 15) is 13.2 Å².